The molecule has 3 heterocycles. The normalized spacial score (nSPS) is 22.7. The molecule has 2 N–H and O–H groups in total. The van der Waals surface area contributed by atoms with Crippen molar-refractivity contribution in [2.45, 2.75) is 80.9 Å². The predicted molar refractivity (Wildman–Crippen MR) is 206 cm³/mol. The van der Waals surface area contributed by atoms with Gasteiger partial charge >= 0.3 is 6.09 Å². The third-order valence-corrected chi connectivity index (χ3v) is 12.6. The van der Waals surface area contributed by atoms with E-state index in [9.17, 15) is 22.8 Å². The van der Waals surface area contributed by atoms with Gasteiger partial charge in [0, 0.05) is 36.1 Å². The van der Waals surface area contributed by atoms with E-state index in [-0.39, 0.29) is 25.8 Å². The minimum Gasteiger partial charge on any atom is -0.497 e. The number of amides is 3. The van der Waals surface area contributed by atoms with Crippen LogP contribution < -0.4 is 19.5 Å². The Morgan fingerprint density at radius 3 is 2.40 bits per heavy atom. The lowest BCUT2D eigenvalue weighted by molar-refractivity contribution is -0.131. The Morgan fingerprint density at radius 2 is 1.76 bits per heavy atom. The zero-order valence-electron chi connectivity index (χ0n) is 31.3. The highest BCUT2D eigenvalue weighted by atomic mass is 32.2. The number of hydrogen-bond donors (Lipinski definition) is 2. The van der Waals surface area contributed by atoms with Crippen molar-refractivity contribution >= 4 is 38.8 Å². The summed E-state index contributed by atoms with van der Waals surface area (Å²) in [5.74, 6) is -0.935. The monoisotopic (exact) mass is 767 g/mol. The lowest BCUT2D eigenvalue weighted by Gasteiger charge is -2.29. The first-order chi connectivity index (χ1) is 26.2. The molecule has 1 aliphatic heterocycles. The lowest BCUT2D eigenvalue weighted by atomic mass is 10.1. The number of carbonyl (C=O) groups excluding carboxylic acids is 3. The summed E-state index contributed by atoms with van der Waals surface area (Å²) in [7, 11) is -2.55. The number of nitrogens with one attached hydrogen (secondary N) is 2. The summed E-state index contributed by atoms with van der Waals surface area (Å²) in [5.41, 5.74) is 0.187. The summed E-state index contributed by atoms with van der Waals surface area (Å²) < 4.78 is 46.4. The molecule has 0 bridgehead atoms. The maximum atomic E-state index is 14.3. The second-order valence-corrected chi connectivity index (χ2v) is 17.6. The van der Waals surface area contributed by atoms with Crippen molar-refractivity contribution < 1.29 is 37.0 Å². The number of benzene rings is 2. The van der Waals surface area contributed by atoms with Gasteiger partial charge in [0.15, 0.2) is 0 Å². The quantitative estimate of drug-likeness (QED) is 0.180. The molecule has 14 heteroatoms. The minimum atomic E-state index is -4.12. The van der Waals surface area contributed by atoms with Crippen LogP contribution in [0.5, 0.6) is 11.5 Å². The molecule has 2 aliphatic carbocycles. The van der Waals surface area contributed by atoms with E-state index in [0.717, 1.165) is 5.56 Å². The summed E-state index contributed by atoms with van der Waals surface area (Å²) in [6.45, 7) is 8.99. The van der Waals surface area contributed by atoms with Crippen molar-refractivity contribution in [2.24, 2.45) is 5.92 Å². The fourth-order valence-electron chi connectivity index (χ4n) is 7.19. The number of rotatable bonds is 12. The van der Waals surface area contributed by atoms with Crippen LogP contribution in [0.15, 0.2) is 91.6 Å². The van der Waals surface area contributed by atoms with E-state index >= 15 is 0 Å². The van der Waals surface area contributed by atoms with Crippen LogP contribution in [0.3, 0.4) is 0 Å². The number of ether oxygens (including phenoxy) is 3. The Hall–Kier alpha value is -5.50. The zero-order valence-corrected chi connectivity index (χ0v) is 32.1. The molecule has 4 aromatic rings. The van der Waals surface area contributed by atoms with Crippen LogP contribution >= 0.6 is 0 Å². The number of pyridine rings is 2. The second kappa shape index (κ2) is 14.3. The van der Waals surface area contributed by atoms with Crippen molar-refractivity contribution in [3.8, 4) is 22.9 Å². The number of fused-ring (bicyclic) bond motifs is 1. The molecule has 7 rings (SSSR count). The highest BCUT2D eigenvalue weighted by molar-refractivity contribution is 7.91. The van der Waals surface area contributed by atoms with Crippen LogP contribution in [0.1, 0.15) is 52.0 Å². The summed E-state index contributed by atoms with van der Waals surface area (Å²) in [6, 6.07) is 20.8. The number of carbonyl (C=O) groups is 3. The molecule has 1 saturated heterocycles. The summed E-state index contributed by atoms with van der Waals surface area (Å²) in [4.78, 5) is 52.4. The van der Waals surface area contributed by atoms with Gasteiger partial charge in [-0.3, -0.25) is 24.2 Å². The van der Waals surface area contributed by atoms with Crippen LogP contribution in [0, 0.1) is 5.92 Å². The molecule has 13 nitrogen and oxygen atoms in total. The molecule has 0 radical (unpaired) electrons. The van der Waals surface area contributed by atoms with Crippen molar-refractivity contribution in [2.75, 3.05) is 13.7 Å². The van der Waals surface area contributed by atoms with E-state index in [2.05, 4.69) is 21.6 Å². The Morgan fingerprint density at radius 1 is 1.02 bits per heavy atom. The van der Waals surface area contributed by atoms with Gasteiger partial charge in [-0.2, -0.15) is 0 Å². The second-order valence-electron chi connectivity index (χ2n) is 15.5. The fraction of sp³-hybridized carbons (Fsp3) is 0.390. The number of hydrogen-bond acceptors (Lipinski definition) is 10. The Labute approximate surface area is 320 Å². The molecule has 288 valence electrons. The van der Waals surface area contributed by atoms with E-state index in [1.807, 2.05) is 48.5 Å². The van der Waals surface area contributed by atoms with Gasteiger partial charge in [-0.05, 0) is 76.3 Å². The molecule has 0 spiro atoms. The third kappa shape index (κ3) is 7.73. The van der Waals surface area contributed by atoms with Crippen molar-refractivity contribution in [1.29, 1.82) is 0 Å². The first-order valence-electron chi connectivity index (χ1n) is 18.3. The maximum Gasteiger partial charge on any atom is 0.411 e. The SMILES string of the molecule is C=CC1CC1(NC(=O)C1CC(Oc2cc(-c3ccccn3)nc3cc(OC)ccc23)CN1C(=O)OC(C)(C)C)C(=O)NS(=O)(=O)C1(Cc2ccccc2)CC1. The average molecular weight is 768 g/mol. The van der Waals surface area contributed by atoms with Gasteiger partial charge in [0.1, 0.15) is 34.8 Å². The Bertz CT molecular complexity index is 2240. The van der Waals surface area contributed by atoms with Crippen LogP contribution in [-0.2, 0) is 30.8 Å². The van der Waals surface area contributed by atoms with Crippen molar-refractivity contribution in [1.82, 2.24) is 24.9 Å². The van der Waals surface area contributed by atoms with Gasteiger partial charge in [0.2, 0.25) is 15.9 Å². The molecular weight excluding hydrogens is 723 g/mol. The Kier molecular flexibility index (Phi) is 9.82. The molecule has 3 amide bonds. The smallest absolute Gasteiger partial charge is 0.411 e. The molecular formula is C41H45N5O8S. The highest BCUT2D eigenvalue weighted by Crippen LogP contribution is 2.48. The summed E-state index contributed by atoms with van der Waals surface area (Å²) >= 11 is 0. The first-order valence-corrected chi connectivity index (χ1v) is 19.8. The molecule has 55 heavy (non-hydrogen) atoms. The number of methoxy groups -OCH3 is 1. The van der Waals surface area contributed by atoms with E-state index in [0.29, 0.717) is 46.6 Å². The molecule has 4 atom stereocenters. The standard InChI is InChI=1S/C41H45N5O8S/c1-6-27-24-41(27,37(48)45-55(50,51)40(17-18-40)23-26-12-8-7-9-13-26)44-36(47)34-21-29(25-46(34)38(49)54-39(2,3)4)53-35-22-33(31-14-10-11-19-42-31)43-32-20-28(52-5)15-16-30(32)35/h6-16,19-20,22,27,29,34H,1,17-18,21,23-25H2,2-5H3,(H,44,47)(H,45,48). The maximum absolute atomic E-state index is 14.3. The van der Waals surface area contributed by atoms with Crippen molar-refractivity contribution in [3.63, 3.8) is 0 Å². The molecule has 3 fully saturated rings. The first kappa shape index (κ1) is 37.8. The predicted octanol–water partition coefficient (Wildman–Crippen LogP) is 5.34. The van der Waals surface area contributed by atoms with Gasteiger partial charge < -0.3 is 19.5 Å². The van der Waals surface area contributed by atoms with Crippen LogP contribution in [0.4, 0.5) is 4.79 Å². The van der Waals surface area contributed by atoms with Crippen LogP contribution in [-0.4, -0.2) is 82.9 Å². The highest BCUT2D eigenvalue weighted by Gasteiger charge is 2.63. The zero-order chi connectivity index (χ0) is 39.2. The molecule has 2 saturated carbocycles. The minimum absolute atomic E-state index is 0.00758. The molecule has 2 aromatic heterocycles. The molecule has 3 aliphatic rings. The van der Waals surface area contributed by atoms with Gasteiger partial charge in [-0.1, -0.05) is 42.5 Å². The molecule has 2 aromatic carbocycles. The third-order valence-electron chi connectivity index (χ3n) is 10.4. The summed E-state index contributed by atoms with van der Waals surface area (Å²) in [6.07, 6.45) is 3.07. The summed E-state index contributed by atoms with van der Waals surface area (Å²) in [5, 5.41) is 3.52. The van der Waals surface area contributed by atoms with Gasteiger partial charge in [-0.15, -0.1) is 6.58 Å². The van der Waals surface area contributed by atoms with E-state index < -0.39 is 61.9 Å². The van der Waals surface area contributed by atoms with Crippen molar-refractivity contribution in [3.05, 3.63) is 97.2 Å². The molecule has 4 unspecified atom stereocenters. The van der Waals surface area contributed by atoms with Gasteiger partial charge in [0.05, 0.1) is 35.3 Å². The lowest BCUT2D eigenvalue weighted by Crippen LogP contribution is -2.57. The van der Waals surface area contributed by atoms with Gasteiger partial charge in [-0.25, -0.2) is 18.2 Å². The van der Waals surface area contributed by atoms with E-state index in [1.54, 1.807) is 58.3 Å². The van der Waals surface area contributed by atoms with Crippen LogP contribution in [0.2, 0.25) is 0 Å². The fourth-order valence-corrected chi connectivity index (χ4v) is 8.82. The van der Waals surface area contributed by atoms with E-state index in [4.69, 9.17) is 19.2 Å². The average Bonchev–Trinajstić information content (AvgIpc) is 4.06. The topological polar surface area (TPSA) is 166 Å². The largest absolute Gasteiger partial charge is 0.497 e. The number of sulfonamides is 1. The van der Waals surface area contributed by atoms with Crippen LogP contribution in [0.25, 0.3) is 22.3 Å². The van der Waals surface area contributed by atoms with E-state index in [1.165, 1.54) is 11.0 Å². The Balaban J connectivity index is 1.14. The number of likely N-dealkylation sites (tertiary alicyclic amines) is 1. The number of aromatic nitrogens is 2. The number of nitrogens with zero attached hydrogens (tertiary/aromatic N) is 3. The van der Waals surface area contributed by atoms with Gasteiger partial charge in [0.25, 0.3) is 5.91 Å².